The first-order valence-corrected chi connectivity index (χ1v) is 8.28. The average Bonchev–Trinajstić information content (AvgIpc) is 2.68. The van der Waals surface area contributed by atoms with Crippen molar-refractivity contribution in [1.82, 2.24) is 10.3 Å². The minimum Gasteiger partial charge on any atom is -0.497 e. The van der Waals surface area contributed by atoms with Crippen LogP contribution in [0.5, 0.6) is 11.5 Å². The molecule has 1 heterocycles. The molecular formula is C21H22N2O2. The number of hydrogen-bond donors (Lipinski definition) is 1. The van der Waals surface area contributed by atoms with Crippen molar-refractivity contribution >= 4 is 0 Å². The van der Waals surface area contributed by atoms with Crippen LogP contribution < -0.4 is 14.8 Å². The number of benzene rings is 2. The molecule has 4 heteroatoms. The van der Waals surface area contributed by atoms with Crippen LogP contribution in [0.3, 0.4) is 0 Å². The van der Waals surface area contributed by atoms with E-state index in [9.17, 15) is 0 Å². The van der Waals surface area contributed by atoms with Crippen LogP contribution in [0.1, 0.15) is 16.7 Å². The first-order chi connectivity index (χ1) is 12.3. The van der Waals surface area contributed by atoms with Gasteiger partial charge in [-0.15, -0.1) is 0 Å². The van der Waals surface area contributed by atoms with Crippen LogP contribution in [-0.2, 0) is 19.7 Å². The van der Waals surface area contributed by atoms with Gasteiger partial charge < -0.3 is 14.8 Å². The average molecular weight is 334 g/mol. The van der Waals surface area contributed by atoms with Crippen molar-refractivity contribution in [1.29, 1.82) is 0 Å². The third-order valence-electron chi connectivity index (χ3n) is 3.90. The van der Waals surface area contributed by atoms with E-state index in [1.54, 1.807) is 19.5 Å². The van der Waals surface area contributed by atoms with Gasteiger partial charge in [-0.3, -0.25) is 4.98 Å². The molecule has 3 rings (SSSR count). The second kappa shape index (κ2) is 8.85. The van der Waals surface area contributed by atoms with Crippen LogP contribution in [0.2, 0.25) is 0 Å². The van der Waals surface area contributed by atoms with Crippen molar-refractivity contribution in [2.45, 2.75) is 19.7 Å². The molecule has 3 aromatic rings. The maximum Gasteiger partial charge on any atom is 0.124 e. The summed E-state index contributed by atoms with van der Waals surface area (Å²) >= 11 is 0. The van der Waals surface area contributed by atoms with Crippen LogP contribution in [0, 0.1) is 0 Å². The first-order valence-electron chi connectivity index (χ1n) is 8.28. The minimum atomic E-state index is 0.537. The summed E-state index contributed by atoms with van der Waals surface area (Å²) in [5.41, 5.74) is 3.43. The Morgan fingerprint density at radius 2 is 1.72 bits per heavy atom. The van der Waals surface area contributed by atoms with E-state index in [4.69, 9.17) is 9.47 Å². The molecule has 0 radical (unpaired) electrons. The Balaban J connectivity index is 1.57. The van der Waals surface area contributed by atoms with E-state index in [1.807, 2.05) is 48.5 Å². The molecule has 0 aliphatic heterocycles. The van der Waals surface area contributed by atoms with Crippen molar-refractivity contribution in [2.24, 2.45) is 0 Å². The number of pyridine rings is 1. The summed E-state index contributed by atoms with van der Waals surface area (Å²) < 4.78 is 11.2. The number of methoxy groups -OCH3 is 1. The third kappa shape index (κ3) is 5.06. The van der Waals surface area contributed by atoms with Gasteiger partial charge in [0.1, 0.15) is 18.1 Å². The molecule has 0 bridgehead atoms. The fourth-order valence-electron chi connectivity index (χ4n) is 2.55. The number of rotatable bonds is 8. The molecule has 0 aliphatic rings. The molecule has 0 aliphatic carbocycles. The molecule has 1 aromatic heterocycles. The van der Waals surface area contributed by atoms with E-state index in [1.165, 1.54) is 5.56 Å². The van der Waals surface area contributed by atoms with Gasteiger partial charge in [-0.05, 0) is 41.5 Å². The Labute approximate surface area is 148 Å². The normalized spacial score (nSPS) is 10.4. The predicted molar refractivity (Wildman–Crippen MR) is 98.5 cm³/mol. The van der Waals surface area contributed by atoms with Crippen LogP contribution in [0.4, 0.5) is 0 Å². The molecule has 0 atom stereocenters. The van der Waals surface area contributed by atoms with Gasteiger partial charge in [-0.25, -0.2) is 0 Å². The zero-order valence-corrected chi connectivity index (χ0v) is 14.3. The minimum absolute atomic E-state index is 0.537. The number of aromatic nitrogens is 1. The topological polar surface area (TPSA) is 43.4 Å². The maximum absolute atomic E-state index is 5.97. The molecule has 2 aromatic carbocycles. The van der Waals surface area contributed by atoms with Crippen LogP contribution in [0.15, 0.2) is 73.1 Å². The van der Waals surface area contributed by atoms with Gasteiger partial charge >= 0.3 is 0 Å². The van der Waals surface area contributed by atoms with Crippen LogP contribution in [-0.4, -0.2) is 12.1 Å². The molecule has 1 N–H and O–H groups in total. The van der Waals surface area contributed by atoms with Gasteiger partial charge in [-0.1, -0.05) is 30.3 Å². The highest BCUT2D eigenvalue weighted by Gasteiger charge is 2.04. The molecule has 0 saturated heterocycles. The number of para-hydroxylation sites is 1. The molecule has 0 saturated carbocycles. The third-order valence-corrected chi connectivity index (χ3v) is 3.90. The van der Waals surface area contributed by atoms with E-state index >= 15 is 0 Å². The zero-order valence-electron chi connectivity index (χ0n) is 14.3. The molecular weight excluding hydrogens is 312 g/mol. The lowest BCUT2D eigenvalue weighted by Gasteiger charge is -2.12. The number of ether oxygens (including phenoxy) is 2. The second-order valence-electron chi connectivity index (χ2n) is 5.71. The molecule has 0 fully saturated rings. The number of nitrogens with one attached hydrogen (secondary N) is 1. The van der Waals surface area contributed by atoms with Gasteiger partial charge in [0.2, 0.25) is 0 Å². The molecule has 0 unspecified atom stereocenters. The number of nitrogens with zero attached hydrogens (tertiary/aromatic N) is 1. The summed E-state index contributed by atoms with van der Waals surface area (Å²) in [6.07, 6.45) is 3.56. The second-order valence-corrected chi connectivity index (χ2v) is 5.71. The van der Waals surface area contributed by atoms with E-state index in [0.29, 0.717) is 6.61 Å². The van der Waals surface area contributed by atoms with Gasteiger partial charge in [0.05, 0.1) is 7.11 Å². The largest absolute Gasteiger partial charge is 0.497 e. The first kappa shape index (κ1) is 17.0. The fourth-order valence-corrected chi connectivity index (χ4v) is 2.55. The van der Waals surface area contributed by atoms with Crippen LogP contribution >= 0.6 is 0 Å². The highest BCUT2D eigenvalue weighted by Crippen LogP contribution is 2.19. The monoisotopic (exact) mass is 334 g/mol. The smallest absolute Gasteiger partial charge is 0.124 e. The van der Waals surface area contributed by atoms with E-state index in [0.717, 1.165) is 35.7 Å². The summed E-state index contributed by atoms with van der Waals surface area (Å²) in [6.45, 7) is 2.05. The Hall–Kier alpha value is -2.85. The van der Waals surface area contributed by atoms with Crippen molar-refractivity contribution in [3.63, 3.8) is 0 Å². The molecule has 25 heavy (non-hydrogen) atoms. The SMILES string of the molecule is COc1cccc(CNCc2ccccc2OCc2ccncc2)c1. The highest BCUT2D eigenvalue weighted by atomic mass is 16.5. The summed E-state index contributed by atoms with van der Waals surface area (Å²) in [5.74, 6) is 1.78. The van der Waals surface area contributed by atoms with Crippen molar-refractivity contribution in [3.05, 3.63) is 89.7 Å². The Morgan fingerprint density at radius 1 is 0.880 bits per heavy atom. The highest BCUT2D eigenvalue weighted by molar-refractivity contribution is 5.34. The van der Waals surface area contributed by atoms with Gasteiger partial charge in [0.25, 0.3) is 0 Å². The van der Waals surface area contributed by atoms with E-state index < -0.39 is 0 Å². The molecule has 128 valence electrons. The number of hydrogen-bond acceptors (Lipinski definition) is 4. The lowest BCUT2D eigenvalue weighted by molar-refractivity contribution is 0.302. The lowest BCUT2D eigenvalue weighted by Crippen LogP contribution is -2.13. The molecule has 0 spiro atoms. The molecule has 0 amide bonds. The van der Waals surface area contributed by atoms with Gasteiger partial charge in [-0.2, -0.15) is 0 Å². The van der Waals surface area contributed by atoms with Crippen molar-refractivity contribution in [3.8, 4) is 11.5 Å². The van der Waals surface area contributed by atoms with E-state index in [2.05, 4.69) is 22.4 Å². The van der Waals surface area contributed by atoms with Gasteiger partial charge in [0.15, 0.2) is 0 Å². The quantitative estimate of drug-likeness (QED) is 0.677. The van der Waals surface area contributed by atoms with Crippen LogP contribution in [0.25, 0.3) is 0 Å². The van der Waals surface area contributed by atoms with Gasteiger partial charge in [0, 0.05) is 31.0 Å². The summed E-state index contributed by atoms with van der Waals surface area (Å²) in [6, 6.07) is 20.1. The Morgan fingerprint density at radius 3 is 2.56 bits per heavy atom. The molecule has 4 nitrogen and oxygen atoms in total. The Bertz CT molecular complexity index is 791. The van der Waals surface area contributed by atoms with E-state index in [-0.39, 0.29) is 0 Å². The summed E-state index contributed by atoms with van der Waals surface area (Å²) in [7, 11) is 1.68. The lowest BCUT2D eigenvalue weighted by atomic mass is 10.1. The zero-order chi connectivity index (χ0) is 17.3. The van der Waals surface area contributed by atoms with Crippen molar-refractivity contribution in [2.75, 3.05) is 7.11 Å². The summed E-state index contributed by atoms with van der Waals surface area (Å²) in [4.78, 5) is 4.03. The van der Waals surface area contributed by atoms with Crippen molar-refractivity contribution < 1.29 is 9.47 Å². The standard InChI is InChI=1S/C21H22N2O2/c1-24-20-7-4-5-18(13-20)14-23-15-19-6-2-3-8-21(19)25-16-17-9-11-22-12-10-17/h2-13,23H,14-16H2,1H3. The Kier molecular flexibility index (Phi) is 6.01. The fraction of sp³-hybridized carbons (Fsp3) is 0.190. The summed E-state index contributed by atoms with van der Waals surface area (Å²) in [5, 5.41) is 3.46. The predicted octanol–water partition coefficient (Wildman–Crippen LogP) is 3.96. The maximum atomic E-state index is 5.97.